The number of amides is 1. The van der Waals surface area contributed by atoms with Crippen LogP contribution in [0.4, 0.5) is 5.69 Å². The third kappa shape index (κ3) is 3.29. The van der Waals surface area contributed by atoms with E-state index in [1.807, 2.05) is 43.3 Å². The molecule has 0 saturated heterocycles. The minimum Gasteiger partial charge on any atom is -0.322 e. The first-order valence-corrected chi connectivity index (χ1v) is 7.53. The molecule has 0 spiro atoms. The lowest BCUT2D eigenvalue weighted by Gasteiger charge is -2.11. The van der Waals surface area contributed by atoms with E-state index < -0.39 is 0 Å². The first kappa shape index (κ1) is 15.0. The number of carbonyl (C=O) groups excluding carboxylic acids is 1. The second kappa shape index (κ2) is 6.44. The highest BCUT2D eigenvalue weighted by Crippen LogP contribution is 2.26. The van der Waals surface area contributed by atoms with Crippen molar-refractivity contribution in [2.24, 2.45) is 0 Å². The summed E-state index contributed by atoms with van der Waals surface area (Å²) < 4.78 is 0. The zero-order chi connectivity index (χ0) is 16.2. The second-order valence-electron chi connectivity index (χ2n) is 5.54. The van der Waals surface area contributed by atoms with E-state index in [-0.39, 0.29) is 5.91 Å². The second-order valence-corrected chi connectivity index (χ2v) is 5.54. The number of benzene rings is 2. The molecular weight excluding hydrogens is 284 g/mol. The van der Waals surface area contributed by atoms with Gasteiger partial charge in [-0.3, -0.25) is 9.78 Å². The lowest BCUT2D eigenvalue weighted by molar-refractivity contribution is 0.102. The molecular formula is C20H18N2O. The molecule has 114 valence electrons. The molecule has 0 aliphatic rings. The number of nitrogens with one attached hydrogen (secondary N) is 1. The normalized spacial score (nSPS) is 10.3. The van der Waals surface area contributed by atoms with Crippen LogP contribution in [0.1, 0.15) is 21.5 Å². The molecule has 3 nitrogen and oxygen atoms in total. The van der Waals surface area contributed by atoms with Crippen molar-refractivity contribution in [1.82, 2.24) is 4.98 Å². The fourth-order valence-corrected chi connectivity index (χ4v) is 2.61. The van der Waals surface area contributed by atoms with E-state index in [4.69, 9.17) is 0 Å². The highest BCUT2D eigenvalue weighted by molar-refractivity contribution is 6.05. The summed E-state index contributed by atoms with van der Waals surface area (Å²) in [7, 11) is 0. The van der Waals surface area contributed by atoms with Gasteiger partial charge < -0.3 is 5.32 Å². The summed E-state index contributed by atoms with van der Waals surface area (Å²) in [5, 5.41) is 2.95. The van der Waals surface area contributed by atoms with E-state index in [0.717, 1.165) is 16.8 Å². The highest BCUT2D eigenvalue weighted by Gasteiger charge is 2.10. The summed E-state index contributed by atoms with van der Waals surface area (Å²) in [5.41, 5.74) is 5.77. The summed E-state index contributed by atoms with van der Waals surface area (Å²) in [6.07, 6.45) is 3.32. The predicted molar refractivity (Wildman–Crippen MR) is 93.5 cm³/mol. The molecule has 2 aromatic carbocycles. The van der Waals surface area contributed by atoms with E-state index in [1.54, 1.807) is 18.5 Å². The first-order chi connectivity index (χ1) is 11.1. The van der Waals surface area contributed by atoms with Gasteiger partial charge in [-0.2, -0.15) is 0 Å². The van der Waals surface area contributed by atoms with E-state index in [9.17, 15) is 4.79 Å². The van der Waals surface area contributed by atoms with Crippen molar-refractivity contribution in [2.45, 2.75) is 13.8 Å². The van der Waals surface area contributed by atoms with Crippen LogP contribution in [0.25, 0.3) is 11.1 Å². The molecule has 1 amide bonds. The van der Waals surface area contributed by atoms with Gasteiger partial charge in [-0.1, -0.05) is 36.4 Å². The molecule has 0 aliphatic heterocycles. The van der Waals surface area contributed by atoms with Crippen LogP contribution >= 0.6 is 0 Å². The van der Waals surface area contributed by atoms with Gasteiger partial charge in [0, 0.05) is 23.6 Å². The van der Waals surface area contributed by atoms with Gasteiger partial charge in [0.1, 0.15) is 0 Å². The number of carbonyl (C=O) groups is 1. The average Bonchev–Trinajstić information content (AvgIpc) is 2.56. The van der Waals surface area contributed by atoms with E-state index in [1.165, 1.54) is 11.1 Å². The molecule has 0 aliphatic carbocycles. The maximum absolute atomic E-state index is 12.4. The fourth-order valence-electron chi connectivity index (χ4n) is 2.61. The van der Waals surface area contributed by atoms with E-state index in [2.05, 4.69) is 29.4 Å². The Kier molecular flexibility index (Phi) is 4.20. The number of pyridine rings is 1. The monoisotopic (exact) mass is 302 g/mol. The zero-order valence-electron chi connectivity index (χ0n) is 13.2. The standard InChI is InChI=1S/C20H18N2O/c1-14-12-17(8-9-18(14)16-6-4-3-5-7-16)22-20(23)19-10-11-21-13-15(19)2/h3-13H,1-2H3,(H,22,23). The van der Waals surface area contributed by atoms with Gasteiger partial charge in [-0.15, -0.1) is 0 Å². The number of nitrogens with zero attached hydrogens (tertiary/aromatic N) is 1. The van der Waals surface area contributed by atoms with Gasteiger partial charge in [0.05, 0.1) is 0 Å². The lowest BCUT2D eigenvalue weighted by atomic mass is 10.00. The van der Waals surface area contributed by atoms with Gasteiger partial charge >= 0.3 is 0 Å². The number of anilines is 1. The van der Waals surface area contributed by atoms with Crippen molar-refractivity contribution in [2.75, 3.05) is 5.32 Å². The molecule has 0 radical (unpaired) electrons. The minimum absolute atomic E-state index is 0.114. The molecule has 0 atom stereocenters. The maximum Gasteiger partial charge on any atom is 0.256 e. The van der Waals surface area contributed by atoms with Crippen LogP contribution in [0, 0.1) is 13.8 Å². The SMILES string of the molecule is Cc1cnccc1C(=O)Nc1ccc(-c2ccccc2)c(C)c1. The quantitative estimate of drug-likeness (QED) is 0.767. The predicted octanol–water partition coefficient (Wildman–Crippen LogP) is 4.62. The van der Waals surface area contributed by atoms with Crippen LogP contribution in [-0.2, 0) is 0 Å². The van der Waals surface area contributed by atoms with Gasteiger partial charge in [0.15, 0.2) is 0 Å². The van der Waals surface area contributed by atoms with Gasteiger partial charge in [0.2, 0.25) is 0 Å². The van der Waals surface area contributed by atoms with Crippen LogP contribution in [0.15, 0.2) is 67.0 Å². The van der Waals surface area contributed by atoms with Gasteiger partial charge in [0.25, 0.3) is 5.91 Å². The smallest absolute Gasteiger partial charge is 0.256 e. The summed E-state index contributed by atoms with van der Waals surface area (Å²) in [5.74, 6) is -0.114. The molecule has 1 N–H and O–H groups in total. The zero-order valence-corrected chi connectivity index (χ0v) is 13.2. The molecule has 0 fully saturated rings. The molecule has 3 aromatic rings. The topological polar surface area (TPSA) is 42.0 Å². The Labute approximate surface area is 136 Å². The van der Waals surface area contributed by atoms with Crippen LogP contribution in [0.5, 0.6) is 0 Å². The minimum atomic E-state index is -0.114. The van der Waals surface area contributed by atoms with Crippen LogP contribution in [0.2, 0.25) is 0 Å². The third-order valence-electron chi connectivity index (χ3n) is 3.83. The Morgan fingerprint density at radius 2 is 1.74 bits per heavy atom. The van der Waals surface area contributed by atoms with Crippen LogP contribution in [0.3, 0.4) is 0 Å². The molecule has 0 bridgehead atoms. The summed E-state index contributed by atoms with van der Waals surface area (Å²) >= 11 is 0. The number of hydrogen-bond donors (Lipinski definition) is 1. The number of rotatable bonds is 3. The van der Waals surface area contributed by atoms with Crippen LogP contribution in [-0.4, -0.2) is 10.9 Å². The Hall–Kier alpha value is -2.94. The van der Waals surface area contributed by atoms with Crippen molar-refractivity contribution in [3.63, 3.8) is 0 Å². The molecule has 3 rings (SSSR count). The summed E-state index contributed by atoms with van der Waals surface area (Å²) in [6, 6.07) is 17.9. The van der Waals surface area contributed by atoms with Crippen molar-refractivity contribution >= 4 is 11.6 Å². The molecule has 23 heavy (non-hydrogen) atoms. The lowest BCUT2D eigenvalue weighted by Crippen LogP contribution is -2.13. The average molecular weight is 302 g/mol. The first-order valence-electron chi connectivity index (χ1n) is 7.53. The van der Waals surface area contributed by atoms with Gasteiger partial charge in [-0.25, -0.2) is 0 Å². The van der Waals surface area contributed by atoms with Gasteiger partial charge in [-0.05, 0) is 54.3 Å². The van der Waals surface area contributed by atoms with Crippen molar-refractivity contribution in [3.8, 4) is 11.1 Å². The Bertz CT molecular complexity index is 841. The largest absolute Gasteiger partial charge is 0.322 e. The number of aryl methyl sites for hydroxylation is 2. The van der Waals surface area contributed by atoms with Crippen molar-refractivity contribution < 1.29 is 4.79 Å². The molecule has 1 heterocycles. The van der Waals surface area contributed by atoms with Crippen molar-refractivity contribution in [3.05, 3.63) is 83.7 Å². The van der Waals surface area contributed by atoms with E-state index in [0.29, 0.717) is 5.56 Å². The molecule has 0 saturated carbocycles. The molecule has 0 unspecified atom stereocenters. The Balaban J connectivity index is 1.84. The third-order valence-corrected chi connectivity index (χ3v) is 3.83. The number of hydrogen-bond acceptors (Lipinski definition) is 2. The van der Waals surface area contributed by atoms with E-state index >= 15 is 0 Å². The summed E-state index contributed by atoms with van der Waals surface area (Å²) in [6.45, 7) is 3.93. The Morgan fingerprint density at radius 1 is 0.957 bits per heavy atom. The fraction of sp³-hybridized carbons (Fsp3) is 0.100. The maximum atomic E-state index is 12.4. The Morgan fingerprint density at radius 3 is 2.43 bits per heavy atom. The van der Waals surface area contributed by atoms with Crippen LogP contribution < -0.4 is 5.32 Å². The van der Waals surface area contributed by atoms with Crippen molar-refractivity contribution in [1.29, 1.82) is 0 Å². The highest BCUT2D eigenvalue weighted by atomic mass is 16.1. The number of aromatic nitrogens is 1. The molecule has 3 heteroatoms. The summed E-state index contributed by atoms with van der Waals surface area (Å²) in [4.78, 5) is 16.4. The molecule has 1 aromatic heterocycles.